The van der Waals surface area contributed by atoms with E-state index >= 15 is 0 Å². The third-order valence-electron chi connectivity index (χ3n) is 3.80. The van der Waals surface area contributed by atoms with Crippen molar-refractivity contribution >= 4 is 10.0 Å². The first-order valence-electron chi connectivity index (χ1n) is 7.34. The van der Waals surface area contributed by atoms with E-state index in [-0.39, 0.29) is 11.1 Å². The average Bonchev–Trinajstić information content (AvgIpc) is 3.00. The van der Waals surface area contributed by atoms with E-state index < -0.39 is 10.0 Å². The second-order valence-electron chi connectivity index (χ2n) is 5.53. The zero-order valence-electron chi connectivity index (χ0n) is 12.2. The standard InChI is InChI=1S/C14H24N2O3S/c1-3-9-15-10-12-7-8-14(19-12)20(17,18)16-13-6-4-5-11(13)2/h7-8,11,13,15-16H,3-6,9-10H2,1-2H3. The van der Waals surface area contributed by atoms with E-state index in [1.807, 2.05) is 0 Å². The number of sulfonamides is 1. The van der Waals surface area contributed by atoms with Gasteiger partial charge in [-0.15, -0.1) is 0 Å². The molecule has 1 aliphatic rings. The molecule has 2 atom stereocenters. The molecule has 2 unspecified atom stereocenters. The molecule has 1 saturated carbocycles. The maximum absolute atomic E-state index is 12.3. The van der Waals surface area contributed by atoms with Gasteiger partial charge in [-0.05, 0) is 43.9 Å². The highest BCUT2D eigenvalue weighted by Gasteiger charge is 2.29. The molecule has 0 saturated heterocycles. The maximum atomic E-state index is 12.3. The molecule has 1 aromatic rings. The molecule has 0 radical (unpaired) electrons. The highest BCUT2D eigenvalue weighted by atomic mass is 32.2. The van der Waals surface area contributed by atoms with Crippen LogP contribution in [0, 0.1) is 5.92 Å². The minimum Gasteiger partial charge on any atom is -0.447 e. The second-order valence-corrected chi connectivity index (χ2v) is 7.18. The zero-order chi connectivity index (χ0) is 14.6. The van der Waals surface area contributed by atoms with E-state index in [0.717, 1.165) is 32.2 Å². The van der Waals surface area contributed by atoms with Gasteiger partial charge in [-0.25, -0.2) is 13.1 Å². The molecule has 5 nitrogen and oxygen atoms in total. The Kier molecular flexibility index (Phi) is 5.23. The van der Waals surface area contributed by atoms with Gasteiger partial charge in [0.2, 0.25) is 5.09 Å². The van der Waals surface area contributed by atoms with E-state index in [9.17, 15) is 8.42 Å². The van der Waals surface area contributed by atoms with Gasteiger partial charge in [0, 0.05) is 6.04 Å². The highest BCUT2D eigenvalue weighted by Crippen LogP contribution is 2.26. The average molecular weight is 300 g/mol. The third-order valence-corrected chi connectivity index (χ3v) is 5.16. The molecule has 20 heavy (non-hydrogen) atoms. The lowest BCUT2D eigenvalue weighted by Crippen LogP contribution is -2.36. The van der Waals surface area contributed by atoms with Crippen LogP contribution in [0.3, 0.4) is 0 Å². The van der Waals surface area contributed by atoms with Crippen LogP contribution in [0.1, 0.15) is 45.3 Å². The molecule has 0 aliphatic heterocycles. The van der Waals surface area contributed by atoms with Gasteiger partial charge in [0.15, 0.2) is 0 Å². The van der Waals surface area contributed by atoms with Gasteiger partial charge in [-0.3, -0.25) is 0 Å². The van der Waals surface area contributed by atoms with Crippen LogP contribution in [-0.4, -0.2) is 21.0 Å². The summed E-state index contributed by atoms with van der Waals surface area (Å²) in [7, 11) is -3.53. The van der Waals surface area contributed by atoms with Crippen molar-refractivity contribution in [2.75, 3.05) is 6.54 Å². The summed E-state index contributed by atoms with van der Waals surface area (Å²) in [5, 5.41) is 3.21. The van der Waals surface area contributed by atoms with Crippen molar-refractivity contribution in [1.82, 2.24) is 10.0 Å². The fraction of sp³-hybridized carbons (Fsp3) is 0.714. The van der Waals surface area contributed by atoms with Crippen LogP contribution in [0.4, 0.5) is 0 Å². The second kappa shape index (κ2) is 6.74. The number of nitrogens with one attached hydrogen (secondary N) is 2. The predicted octanol–water partition coefficient (Wildman–Crippen LogP) is 2.25. The largest absolute Gasteiger partial charge is 0.447 e. The Morgan fingerprint density at radius 1 is 1.35 bits per heavy atom. The van der Waals surface area contributed by atoms with Gasteiger partial charge in [0.25, 0.3) is 10.0 Å². The molecule has 0 spiro atoms. The SMILES string of the molecule is CCCNCc1ccc(S(=O)(=O)NC2CCCC2C)o1. The molecule has 1 aromatic heterocycles. The van der Waals surface area contributed by atoms with Crippen molar-refractivity contribution in [2.45, 2.75) is 57.2 Å². The number of rotatable bonds is 7. The predicted molar refractivity (Wildman–Crippen MR) is 77.8 cm³/mol. The summed E-state index contributed by atoms with van der Waals surface area (Å²) in [4.78, 5) is 0. The minimum atomic E-state index is -3.53. The fourth-order valence-electron chi connectivity index (χ4n) is 2.56. The van der Waals surface area contributed by atoms with Gasteiger partial charge < -0.3 is 9.73 Å². The Morgan fingerprint density at radius 3 is 2.80 bits per heavy atom. The molecule has 0 bridgehead atoms. The molecule has 114 valence electrons. The lowest BCUT2D eigenvalue weighted by molar-refractivity contribution is 0.393. The van der Waals surface area contributed by atoms with Crippen LogP contribution in [0.5, 0.6) is 0 Å². The Hall–Kier alpha value is -0.850. The van der Waals surface area contributed by atoms with Crippen molar-refractivity contribution in [1.29, 1.82) is 0 Å². The van der Waals surface area contributed by atoms with E-state index in [2.05, 4.69) is 23.9 Å². The summed E-state index contributed by atoms with van der Waals surface area (Å²) in [6.07, 6.45) is 4.11. The maximum Gasteiger partial charge on any atom is 0.274 e. The summed E-state index contributed by atoms with van der Waals surface area (Å²) in [5.41, 5.74) is 0. The molecule has 1 aliphatic carbocycles. The van der Waals surface area contributed by atoms with Crippen molar-refractivity contribution in [2.24, 2.45) is 5.92 Å². The number of hydrogen-bond acceptors (Lipinski definition) is 4. The molecule has 1 fully saturated rings. The van der Waals surface area contributed by atoms with Crippen LogP contribution in [0.2, 0.25) is 0 Å². The molecule has 0 amide bonds. The summed E-state index contributed by atoms with van der Waals surface area (Å²) < 4.78 is 32.7. The number of furan rings is 1. The minimum absolute atomic E-state index is 0.0184. The normalized spacial score (nSPS) is 23.3. The van der Waals surface area contributed by atoms with Crippen molar-refractivity contribution < 1.29 is 12.8 Å². The molecule has 2 rings (SSSR count). The topological polar surface area (TPSA) is 71.3 Å². The van der Waals surface area contributed by atoms with Crippen LogP contribution in [0.15, 0.2) is 21.6 Å². The van der Waals surface area contributed by atoms with E-state index in [4.69, 9.17) is 4.42 Å². The summed E-state index contributed by atoms with van der Waals surface area (Å²) in [6.45, 7) is 5.62. The molecular weight excluding hydrogens is 276 g/mol. The Balaban J connectivity index is 1.98. The van der Waals surface area contributed by atoms with Crippen LogP contribution < -0.4 is 10.0 Å². The summed E-state index contributed by atoms with van der Waals surface area (Å²) in [5.74, 6) is 1.05. The van der Waals surface area contributed by atoms with Crippen LogP contribution >= 0.6 is 0 Å². The smallest absolute Gasteiger partial charge is 0.274 e. The fourth-order valence-corrected chi connectivity index (χ4v) is 3.89. The van der Waals surface area contributed by atoms with Crippen molar-refractivity contribution in [3.8, 4) is 0 Å². The first kappa shape index (κ1) is 15.5. The van der Waals surface area contributed by atoms with E-state index in [0.29, 0.717) is 18.2 Å². The molecule has 6 heteroatoms. The van der Waals surface area contributed by atoms with E-state index in [1.165, 1.54) is 6.07 Å². The van der Waals surface area contributed by atoms with Crippen molar-refractivity contribution in [3.63, 3.8) is 0 Å². The monoisotopic (exact) mass is 300 g/mol. The van der Waals surface area contributed by atoms with Gasteiger partial charge in [0.1, 0.15) is 5.76 Å². The van der Waals surface area contributed by atoms with Gasteiger partial charge in [0.05, 0.1) is 6.54 Å². The Labute approximate surface area is 121 Å². The van der Waals surface area contributed by atoms with Gasteiger partial charge in [-0.1, -0.05) is 20.3 Å². The van der Waals surface area contributed by atoms with Crippen molar-refractivity contribution in [3.05, 3.63) is 17.9 Å². The van der Waals surface area contributed by atoms with Gasteiger partial charge >= 0.3 is 0 Å². The van der Waals surface area contributed by atoms with Crippen LogP contribution in [0.25, 0.3) is 0 Å². The molecule has 0 aromatic carbocycles. The quantitative estimate of drug-likeness (QED) is 0.758. The lowest BCUT2D eigenvalue weighted by atomic mass is 10.1. The molecule has 2 N–H and O–H groups in total. The first-order chi connectivity index (χ1) is 9.53. The summed E-state index contributed by atoms with van der Waals surface area (Å²) in [6, 6.07) is 3.28. The lowest BCUT2D eigenvalue weighted by Gasteiger charge is -2.16. The summed E-state index contributed by atoms with van der Waals surface area (Å²) >= 11 is 0. The van der Waals surface area contributed by atoms with Crippen LogP contribution in [-0.2, 0) is 16.6 Å². The molecular formula is C14H24N2O3S. The third kappa shape index (κ3) is 3.84. The van der Waals surface area contributed by atoms with Gasteiger partial charge in [-0.2, -0.15) is 0 Å². The molecule has 1 heterocycles. The first-order valence-corrected chi connectivity index (χ1v) is 8.83. The van der Waals surface area contributed by atoms with E-state index in [1.54, 1.807) is 6.07 Å². The highest BCUT2D eigenvalue weighted by molar-refractivity contribution is 7.89. The zero-order valence-corrected chi connectivity index (χ0v) is 13.0. The Bertz CT molecular complexity index is 524. The Morgan fingerprint density at radius 2 is 2.15 bits per heavy atom. The number of hydrogen-bond donors (Lipinski definition) is 2.